The van der Waals surface area contributed by atoms with Crippen molar-refractivity contribution in [1.29, 1.82) is 0 Å². The molecule has 0 aromatic carbocycles. The van der Waals surface area contributed by atoms with Gasteiger partial charge in [0.15, 0.2) is 11.7 Å². The number of guanidine groups is 1. The van der Waals surface area contributed by atoms with Crippen LogP contribution < -0.4 is 11.5 Å². The number of imidazole rings is 1. The molecule has 1 aromatic heterocycles. The normalized spacial score (nSPS) is 46.4. The lowest BCUT2D eigenvalue weighted by Crippen LogP contribution is -2.68. The summed E-state index contributed by atoms with van der Waals surface area (Å²) in [5.74, 6) is 0.635. The highest BCUT2D eigenvalue weighted by molar-refractivity contribution is 8.76. The van der Waals surface area contributed by atoms with Crippen molar-refractivity contribution in [2.24, 2.45) is 79.5 Å². The van der Waals surface area contributed by atoms with E-state index in [2.05, 4.69) is 43.4 Å². The van der Waals surface area contributed by atoms with Crippen molar-refractivity contribution >= 4 is 33.3 Å². The fraction of sp³-hybridized carbons (Fsp3) is 0.812. The van der Waals surface area contributed by atoms with Crippen molar-refractivity contribution in [1.82, 2.24) is 9.55 Å². The number of ketones is 1. The molecular weight excluding hydrogens is 791 g/mol. The molecular formula is C48H73N5O5S2. The molecule has 1 spiro atoms. The first-order chi connectivity index (χ1) is 28.5. The van der Waals surface area contributed by atoms with Crippen LogP contribution in [0.3, 0.4) is 0 Å². The van der Waals surface area contributed by atoms with Crippen LogP contribution in [0.25, 0.3) is 0 Å². The Balaban J connectivity index is 1.19. The molecule has 332 valence electrons. The van der Waals surface area contributed by atoms with Gasteiger partial charge in [0.05, 0.1) is 30.2 Å². The minimum atomic E-state index is -1.31. The van der Waals surface area contributed by atoms with E-state index in [1.165, 1.54) is 44.1 Å². The Morgan fingerprint density at radius 3 is 2.42 bits per heavy atom. The summed E-state index contributed by atoms with van der Waals surface area (Å²) >= 11 is 0. The zero-order valence-corrected chi connectivity index (χ0v) is 38.2. The van der Waals surface area contributed by atoms with Crippen LogP contribution in [0, 0.1) is 63.1 Å². The van der Waals surface area contributed by atoms with E-state index in [9.17, 15) is 25.2 Å². The molecule has 2 bridgehead atoms. The fourth-order valence-corrected chi connectivity index (χ4v) is 19.0. The van der Waals surface area contributed by atoms with E-state index >= 15 is 0 Å². The van der Waals surface area contributed by atoms with Crippen molar-refractivity contribution in [3.05, 3.63) is 41.5 Å². The summed E-state index contributed by atoms with van der Waals surface area (Å²) in [4.78, 5) is 23.7. The monoisotopic (exact) mass is 864 g/mol. The van der Waals surface area contributed by atoms with E-state index in [4.69, 9.17) is 16.5 Å². The lowest BCUT2D eigenvalue weighted by Gasteiger charge is -2.66. The molecule has 7 aliphatic carbocycles. The van der Waals surface area contributed by atoms with Crippen molar-refractivity contribution in [2.45, 2.75) is 160 Å². The number of hydrogen-bond acceptors (Lipinski definition) is 9. The first-order valence-corrected chi connectivity index (χ1v) is 26.0. The van der Waals surface area contributed by atoms with Crippen molar-refractivity contribution in [2.75, 3.05) is 18.1 Å². The Hall–Kier alpha value is -1.83. The Labute approximate surface area is 366 Å². The van der Waals surface area contributed by atoms with Gasteiger partial charge >= 0.3 is 0 Å². The highest BCUT2D eigenvalue weighted by atomic mass is 33.1. The smallest absolute Gasteiger partial charge is 0.185 e. The minimum absolute atomic E-state index is 0.0170. The summed E-state index contributed by atoms with van der Waals surface area (Å²) in [5, 5.41) is 49.6. The molecule has 7 fully saturated rings. The van der Waals surface area contributed by atoms with Gasteiger partial charge in [-0.25, -0.2) is 4.98 Å². The van der Waals surface area contributed by atoms with Gasteiger partial charge < -0.3 is 36.5 Å². The summed E-state index contributed by atoms with van der Waals surface area (Å²) in [6.07, 6.45) is 20.9. The Bertz CT molecular complexity index is 1870. The maximum atomic E-state index is 14.5. The summed E-state index contributed by atoms with van der Waals surface area (Å²) in [6.45, 7) is 9.68. The second kappa shape index (κ2) is 16.0. The SMILES string of the molecule is CC1(C)C[C@@H](n2ccnc2)CSSC[C@H]2C[C@@H]3[C@H](CCC[C@@H]4[C@@H](CN=C(N)N)[C@H]5C(=CC(=O)[C@@H]6C[C@@H](O)[C@@H](O)C[C@]56C)[C@@]2(O)[C@@]34C)[C@H](O)CC1=C1CCCC2(CCCC2)C1. The van der Waals surface area contributed by atoms with E-state index in [-0.39, 0.29) is 71.5 Å². The lowest BCUT2D eigenvalue weighted by molar-refractivity contribution is -0.189. The molecule has 8 aliphatic rings. The van der Waals surface area contributed by atoms with Crippen molar-refractivity contribution in [3.8, 4) is 0 Å². The van der Waals surface area contributed by atoms with Crippen LogP contribution in [0.5, 0.6) is 0 Å². The number of aliphatic hydroxyl groups excluding tert-OH is 3. The molecule has 12 heteroatoms. The van der Waals surface area contributed by atoms with Gasteiger partial charge in [-0.15, -0.1) is 0 Å². The summed E-state index contributed by atoms with van der Waals surface area (Å²) < 4.78 is 2.29. The molecule has 10 nitrogen and oxygen atoms in total. The molecule has 60 heavy (non-hydrogen) atoms. The zero-order valence-electron chi connectivity index (χ0n) is 36.6. The number of carbonyl (C=O) groups excluding carboxylic acids is 1. The van der Waals surface area contributed by atoms with Gasteiger partial charge in [0.1, 0.15) is 0 Å². The molecule has 2 heterocycles. The summed E-state index contributed by atoms with van der Waals surface area (Å²) in [5.41, 5.74) is 13.7. The lowest BCUT2D eigenvalue weighted by atomic mass is 9.39. The molecule has 1 aromatic rings. The fourth-order valence-electron chi connectivity index (χ4n) is 16.3. The molecule has 9 rings (SSSR count). The van der Waals surface area contributed by atoms with Crippen LogP contribution in [0.2, 0.25) is 0 Å². The number of nitrogens with two attached hydrogens (primary N) is 2. The van der Waals surface area contributed by atoms with E-state index in [1.54, 1.807) is 11.6 Å². The van der Waals surface area contributed by atoms with Gasteiger partial charge in [-0.2, -0.15) is 0 Å². The Morgan fingerprint density at radius 1 is 0.933 bits per heavy atom. The standard InChI is InChI=1S/C48H73N5O5S2/c1-44(2)22-30(53-16-15-51-27-53)26-60-59-25-29-17-35-31(38(54)18-34(44)28-9-8-14-47(21-28)12-5-6-13-47)10-7-11-33-32(24-52-43(49)50)42-37(48(29,58)46(33,35)4)20-39(55)36-19-40(56)41(57)23-45(36,42)3/h15-16,20,27,29-33,35-36,38,40-42,54,56-58H,5-14,17-19,21-26H2,1-4H3,(H4,49,50,52)/t29-,30-,31+,32-,33-,35-,36+,38-,40-,41+,42+,45+,46-,48-/m1/s1. The highest BCUT2D eigenvalue weighted by Crippen LogP contribution is 2.75. The molecule has 1 saturated heterocycles. The van der Waals surface area contributed by atoms with Crippen LogP contribution in [-0.4, -0.2) is 83.7 Å². The van der Waals surface area contributed by atoms with Gasteiger partial charge in [-0.05, 0) is 141 Å². The number of fused-ring (bicyclic) bond motifs is 6. The van der Waals surface area contributed by atoms with Gasteiger partial charge in [-0.3, -0.25) is 9.79 Å². The second-order valence-corrected chi connectivity index (χ2v) is 24.8. The first kappa shape index (κ1) is 43.4. The van der Waals surface area contributed by atoms with Crippen molar-refractivity contribution < 1.29 is 25.2 Å². The van der Waals surface area contributed by atoms with Gasteiger partial charge in [-0.1, -0.05) is 79.7 Å². The number of carbonyl (C=O) groups is 1. The van der Waals surface area contributed by atoms with Crippen molar-refractivity contribution in [3.63, 3.8) is 0 Å². The van der Waals surface area contributed by atoms with Crippen LogP contribution in [0.1, 0.15) is 136 Å². The maximum absolute atomic E-state index is 14.5. The molecule has 6 saturated carbocycles. The van der Waals surface area contributed by atoms with Gasteiger partial charge in [0, 0.05) is 53.7 Å². The predicted molar refractivity (Wildman–Crippen MR) is 241 cm³/mol. The molecule has 0 unspecified atom stereocenters. The quantitative estimate of drug-likeness (QED) is 0.0778. The minimum Gasteiger partial charge on any atom is -0.392 e. The number of nitrogens with zero attached hydrogens (tertiary/aromatic N) is 3. The molecule has 0 radical (unpaired) electrons. The number of aliphatic hydroxyl groups is 4. The zero-order chi connectivity index (χ0) is 42.4. The van der Waals surface area contributed by atoms with Gasteiger partial charge in [0.2, 0.25) is 0 Å². The van der Waals surface area contributed by atoms with E-state index in [1.807, 2.05) is 34.1 Å². The number of rotatable bonds is 3. The Kier molecular flexibility index (Phi) is 11.6. The topological polar surface area (TPSA) is 180 Å². The molecule has 8 N–H and O–H groups in total. The molecule has 1 aliphatic heterocycles. The number of aromatic nitrogens is 2. The largest absolute Gasteiger partial charge is 0.392 e. The van der Waals surface area contributed by atoms with Crippen LogP contribution >= 0.6 is 21.6 Å². The predicted octanol–water partition coefficient (Wildman–Crippen LogP) is 7.37. The number of hydrogen-bond donors (Lipinski definition) is 6. The van der Waals surface area contributed by atoms with E-state index in [0.717, 1.165) is 62.0 Å². The average molecular weight is 864 g/mol. The highest BCUT2D eigenvalue weighted by Gasteiger charge is 2.75. The maximum Gasteiger partial charge on any atom is 0.185 e. The van der Waals surface area contributed by atoms with Crippen LogP contribution in [0.4, 0.5) is 0 Å². The van der Waals surface area contributed by atoms with E-state index < -0.39 is 40.7 Å². The van der Waals surface area contributed by atoms with Crippen LogP contribution in [-0.2, 0) is 4.79 Å². The first-order valence-electron chi connectivity index (χ1n) is 23.5. The van der Waals surface area contributed by atoms with E-state index in [0.29, 0.717) is 18.4 Å². The molecule has 0 amide bonds. The second-order valence-electron chi connectivity index (χ2n) is 22.2. The number of allylic oxidation sites excluding steroid dienone is 2. The molecule has 14 atom stereocenters. The summed E-state index contributed by atoms with van der Waals surface area (Å²) in [6, 6.07) is 0.211. The average Bonchev–Trinajstić information content (AvgIpc) is 3.92. The van der Waals surface area contributed by atoms with Crippen LogP contribution in [0.15, 0.2) is 46.5 Å². The summed E-state index contributed by atoms with van der Waals surface area (Å²) in [7, 11) is 3.74. The third-order valence-electron chi connectivity index (χ3n) is 18.9. The van der Waals surface area contributed by atoms with Gasteiger partial charge in [0.25, 0.3) is 0 Å². The Morgan fingerprint density at radius 2 is 1.68 bits per heavy atom. The number of aliphatic imine (C=N–C) groups is 1. The third kappa shape index (κ3) is 6.92. The third-order valence-corrected chi connectivity index (χ3v) is 21.4.